The molecule has 0 aromatic heterocycles. The molecule has 1 N–H and O–H groups in total. The minimum Gasteiger partial charge on any atom is -0.354 e. The summed E-state index contributed by atoms with van der Waals surface area (Å²) in [5.74, 6) is -0.0317. The fourth-order valence-corrected chi connectivity index (χ4v) is 3.35. The number of allylic oxidation sites excluding steroid dienone is 1. The summed E-state index contributed by atoms with van der Waals surface area (Å²) in [6.07, 6.45) is 9.33. The van der Waals surface area contributed by atoms with Gasteiger partial charge in [0.2, 0.25) is 11.8 Å². The van der Waals surface area contributed by atoms with Crippen molar-refractivity contribution in [1.29, 1.82) is 0 Å². The summed E-state index contributed by atoms with van der Waals surface area (Å²) in [6.45, 7) is 4.93. The lowest BCUT2D eigenvalue weighted by atomic mass is 9.97. The highest BCUT2D eigenvalue weighted by molar-refractivity contribution is 5.87. The topological polar surface area (TPSA) is 49.4 Å². The van der Waals surface area contributed by atoms with Gasteiger partial charge >= 0.3 is 0 Å². The maximum atomic E-state index is 12.6. The van der Waals surface area contributed by atoms with Crippen LogP contribution in [0.15, 0.2) is 42.0 Å². The average Bonchev–Trinajstić information content (AvgIpc) is 2.67. The van der Waals surface area contributed by atoms with Crippen LogP contribution in [-0.2, 0) is 16.1 Å². The maximum Gasteiger partial charge on any atom is 0.242 e. The maximum absolute atomic E-state index is 12.6. The summed E-state index contributed by atoms with van der Waals surface area (Å²) in [4.78, 5) is 26.9. The van der Waals surface area contributed by atoms with Crippen LogP contribution in [0.3, 0.4) is 0 Å². The highest BCUT2D eigenvalue weighted by atomic mass is 16.2. The van der Waals surface area contributed by atoms with Crippen molar-refractivity contribution in [1.82, 2.24) is 10.2 Å². The van der Waals surface area contributed by atoms with Gasteiger partial charge in [0.1, 0.15) is 6.04 Å². The van der Waals surface area contributed by atoms with Gasteiger partial charge < -0.3 is 10.2 Å². The third kappa shape index (κ3) is 6.32. The normalized spacial score (nSPS) is 15.1. The second-order valence-corrected chi connectivity index (χ2v) is 7.08. The molecule has 4 heteroatoms. The zero-order valence-corrected chi connectivity index (χ0v) is 16.2. The monoisotopic (exact) mass is 356 g/mol. The van der Waals surface area contributed by atoms with E-state index >= 15 is 0 Å². The van der Waals surface area contributed by atoms with Crippen LogP contribution in [-0.4, -0.2) is 29.3 Å². The van der Waals surface area contributed by atoms with Crippen molar-refractivity contribution in [2.45, 2.75) is 71.4 Å². The first-order valence-corrected chi connectivity index (χ1v) is 9.90. The van der Waals surface area contributed by atoms with Crippen molar-refractivity contribution in [3.63, 3.8) is 0 Å². The first-order valence-electron chi connectivity index (χ1n) is 9.90. The van der Waals surface area contributed by atoms with Crippen LogP contribution in [0.4, 0.5) is 0 Å². The van der Waals surface area contributed by atoms with Gasteiger partial charge in [-0.3, -0.25) is 9.59 Å². The molecule has 0 heterocycles. The molecule has 0 unspecified atom stereocenters. The Morgan fingerprint density at radius 3 is 2.62 bits per heavy atom. The zero-order valence-electron chi connectivity index (χ0n) is 16.2. The van der Waals surface area contributed by atoms with Crippen LogP contribution in [0.5, 0.6) is 0 Å². The molecule has 2 amide bonds. The molecule has 0 aliphatic heterocycles. The number of hydrogen-bond acceptors (Lipinski definition) is 2. The summed E-state index contributed by atoms with van der Waals surface area (Å²) in [6, 6.07) is 9.40. The van der Waals surface area contributed by atoms with E-state index in [2.05, 4.69) is 11.4 Å². The number of nitrogens with zero attached hydrogens (tertiary/aromatic N) is 1. The Morgan fingerprint density at radius 2 is 1.96 bits per heavy atom. The van der Waals surface area contributed by atoms with Gasteiger partial charge in [-0.15, -0.1) is 0 Å². The molecule has 0 fully saturated rings. The van der Waals surface area contributed by atoms with E-state index in [-0.39, 0.29) is 11.8 Å². The number of carbonyl (C=O) groups is 2. The van der Waals surface area contributed by atoms with Crippen LogP contribution in [0.25, 0.3) is 0 Å². The number of hydrogen-bond donors (Lipinski definition) is 1. The van der Waals surface area contributed by atoms with Gasteiger partial charge in [-0.1, -0.05) is 48.9 Å². The summed E-state index contributed by atoms with van der Waals surface area (Å²) < 4.78 is 0. The Balaban J connectivity index is 1.92. The van der Waals surface area contributed by atoms with Crippen molar-refractivity contribution >= 4 is 11.8 Å². The zero-order chi connectivity index (χ0) is 18.8. The number of carbonyl (C=O) groups excluding carboxylic acids is 2. The first-order chi connectivity index (χ1) is 12.6. The molecule has 1 aliphatic carbocycles. The van der Waals surface area contributed by atoms with Gasteiger partial charge in [0.25, 0.3) is 0 Å². The Bertz CT molecular complexity index is 610. The molecular weight excluding hydrogens is 324 g/mol. The molecule has 0 saturated heterocycles. The Morgan fingerprint density at radius 1 is 1.19 bits per heavy atom. The van der Waals surface area contributed by atoms with E-state index < -0.39 is 6.04 Å². The lowest BCUT2D eigenvalue weighted by molar-refractivity contribution is -0.140. The molecule has 0 saturated carbocycles. The lowest BCUT2D eigenvalue weighted by Gasteiger charge is -2.29. The highest BCUT2D eigenvalue weighted by Gasteiger charge is 2.25. The van der Waals surface area contributed by atoms with Crippen LogP contribution >= 0.6 is 0 Å². The van der Waals surface area contributed by atoms with Crippen molar-refractivity contribution in [2.75, 3.05) is 6.54 Å². The van der Waals surface area contributed by atoms with Crippen LogP contribution in [0.2, 0.25) is 0 Å². The number of nitrogens with one attached hydrogen (secondary N) is 1. The Labute approximate surface area is 157 Å². The van der Waals surface area contributed by atoms with Crippen molar-refractivity contribution in [3.8, 4) is 0 Å². The summed E-state index contributed by atoms with van der Waals surface area (Å²) in [5, 5.41) is 3.02. The molecule has 1 aliphatic rings. The van der Waals surface area contributed by atoms with Crippen LogP contribution in [0.1, 0.15) is 64.4 Å². The molecule has 142 valence electrons. The summed E-state index contributed by atoms with van der Waals surface area (Å²) in [5.41, 5.74) is 2.50. The predicted molar refractivity (Wildman–Crippen MR) is 106 cm³/mol. The average molecular weight is 357 g/mol. The Kier molecular flexibility index (Phi) is 8.39. The van der Waals surface area contributed by atoms with E-state index in [4.69, 9.17) is 0 Å². The number of benzene rings is 1. The van der Waals surface area contributed by atoms with Gasteiger partial charge in [0.15, 0.2) is 0 Å². The van der Waals surface area contributed by atoms with E-state index in [0.29, 0.717) is 19.5 Å². The molecule has 4 nitrogen and oxygen atoms in total. The van der Waals surface area contributed by atoms with Crippen LogP contribution in [0, 0.1) is 0 Å². The van der Waals surface area contributed by atoms with Crippen LogP contribution < -0.4 is 5.32 Å². The smallest absolute Gasteiger partial charge is 0.242 e. The molecule has 26 heavy (non-hydrogen) atoms. The predicted octanol–water partition coefficient (Wildman–Crippen LogP) is 4.21. The largest absolute Gasteiger partial charge is 0.354 e. The minimum atomic E-state index is -0.463. The van der Waals surface area contributed by atoms with E-state index in [0.717, 1.165) is 31.2 Å². The quantitative estimate of drug-likeness (QED) is 0.674. The molecule has 0 bridgehead atoms. The summed E-state index contributed by atoms with van der Waals surface area (Å²) in [7, 11) is 0. The molecule has 1 aromatic carbocycles. The number of amides is 2. The molecule has 1 atom stereocenters. The molecule has 0 radical (unpaired) electrons. The van der Waals surface area contributed by atoms with E-state index in [1.54, 1.807) is 4.90 Å². The fraction of sp³-hybridized carbons (Fsp3) is 0.545. The third-order valence-corrected chi connectivity index (χ3v) is 4.96. The van der Waals surface area contributed by atoms with Gasteiger partial charge in [-0.25, -0.2) is 0 Å². The van der Waals surface area contributed by atoms with Crippen molar-refractivity contribution in [3.05, 3.63) is 47.5 Å². The first kappa shape index (κ1) is 20.2. The standard InChI is InChI=1S/C22H32N2O2/c1-3-10-21(25)24(17-20-13-8-5-9-14-20)18(2)22(26)23-16-15-19-11-6-4-7-12-19/h5,8-9,11,13-14,18H,3-4,6-7,10,12,15-17H2,1-2H3,(H,23,26)/t18-/m1/s1. The molecular formula is C22H32N2O2. The van der Waals surface area contributed by atoms with Gasteiger partial charge in [-0.2, -0.15) is 0 Å². The SMILES string of the molecule is CCCC(=O)N(Cc1ccccc1)[C@H](C)C(=O)NCCC1=CCCCC1. The molecule has 1 aromatic rings. The molecule has 2 rings (SSSR count). The van der Waals surface area contributed by atoms with Gasteiger partial charge in [0, 0.05) is 19.5 Å². The Hall–Kier alpha value is -2.10. The van der Waals surface area contributed by atoms with E-state index in [1.807, 2.05) is 44.2 Å². The highest BCUT2D eigenvalue weighted by Crippen LogP contribution is 2.19. The van der Waals surface area contributed by atoms with E-state index in [1.165, 1.54) is 18.4 Å². The lowest BCUT2D eigenvalue weighted by Crippen LogP contribution is -2.47. The summed E-state index contributed by atoms with van der Waals surface area (Å²) >= 11 is 0. The van der Waals surface area contributed by atoms with Crippen molar-refractivity contribution < 1.29 is 9.59 Å². The third-order valence-electron chi connectivity index (χ3n) is 4.96. The molecule has 0 spiro atoms. The second-order valence-electron chi connectivity index (χ2n) is 7.08. The van der Waals surface area contributed by atoms with Crippen molar-refractivity contribution in [2.24, 2.45) is 0 Å². The fourth-order valence-electron chi connectivity index (χ4n) is 3.35. The van der Waals surface area contributed by atoms with Gasteiger partial charge in [0.05, 0.1) is 0 Å². The van der Waals surface area contributed by atoms with E-state index in [9.17, 15) is 9.59 Å². The number of rotatable bonds is 9. The van der Waals surface area contributed by atoms with Gasteiger partial charge in [-0.05, 0) is 51.0 Å². The second kappa shape index (κ2) is 10.8. The minimum absolute atomic E-state index is 0.0361.